The molecule has 1 rings (SSSR count). The van der Waals surface area contributed by atoms with Crippen LogP contribution in [0.5, 0.6) is 0 Å². The number of benzene rings is 1. The van der Waals surface area contributed by atoms with Crippen LogP contribution in [0.2, 0.25) is 0 Å². The molecule has 1 aromatic rings. The summed E-state index contributed by atoms with van der Waals surface area (Å²) in [5.74, 6) is -1.08. The van der Waals surface area contributed by atoms with Crippen LogP contribution in [0.15, 0.2) is 12.1 Å². The van der Waals surface area contributed by atoms with Gasteiger partial charge in [-0.15, -0.1) is 0 Å². The van der Waals surface area contributed by atoms with E-state index >= 15 is 0 Å². The maximum atomic E-state index is 13.0. The molecular formula is C8H6FNO3. The standard InChI is InChI=1S/C8H6FNO3/c1-5-2-6(4-11)8(9)7(3-5)10(12)13/h2-4H,1H3. The molecule has 0 saturated carbocycles. The Morgan fingerprint density at radius 1 is 1.54 bits per heavy atom. The van der Waals surface area contributed by atoms with E-state index in [1.807, 2.05) is 0 Å². The SMILES string of the molecule is Cc1cc(C=O)c(F)c([N+](=O)[O-])c1. The third-order valence-corrected chi connectivity index (χ3v) is 1.55. The Kier molecular flexibility index (Phi) is 2.36. The number of nitrogens with zero attached hydrogens (tertiary/aromatic N) is 1. The molecule has 5 heteroatoms. The first-order chi connectivity index (χ1) is 6.06. The van der Waals surface area contributed by atoms with Crippen LogP contribution >= 0.6 is 0 Å². The highest BCUT2D eigenvalue weighted by atomic mass is 19.1. The van der Waals surface area contributed by atoms with E-state index in [0.717, 1.165) is 6.07 Å². The summed E-state index contributed by atoms with van der Waals surface area (Å²) in [5.41, 5.74) is -0.469. The third kappa shape index (κ3) is 1.69. The lowest BCUT2D eigenvalue weighted by Crippen LogP contribution is -1.97. The first-order valence-electron chi connectivity index (χ1n) is 3.46. The van der Waals surface area contributed by atoms with Crippen LogP contribution in [0.3, 0.4) is 0 Å². The Morgan fingerprint density at radius 2 is 2.15 bits per heavy atom. The van der Waals surface area contributed by atoms with Gasteiger partial charge in [-0.05, 0) is 18.6 Å². The van der Waals surface area contributed by atoms with Crippen molar-refractivity contribution in [2.24, 2.45) is 0 Å². The summed E-state index contributed by atoms with van der Waals surface area (Å²) in [7, 11) is 0. The van der Waals surface area contributed by atoms with Crippen molar-refractivity contribution in [3.63, 3.8) is 0 Å². The van der Waals surface area contributed by atoms with Gasteiger partial charge in [-0.25, -0.2) is 0 Å². The van der Waals surface area contributed by atoms with Crippen molar-refractivity contribution in [3.8, 4) is 0 Å². The highest BCUT2D eigenvalue weighted by Crippen LogP contribution is 2.21. The number of carbonyl (C=O) groups is 1. The average Bonchev–Trinajstić information content (AvgIpc) is 2.08. The molecule has 0 aromatic heterocycles. The minimum absolute atomic E-state index is 0.259. The van der Waals surface area contributed by atoms with E-state index < -0.39 is 16.4 Å². The first kappa shape index (κ1) is 9.31. The lowest BCUT2D eigenvalue weighted by molar-refractivity contribution is -0.387. The molecule has 0 atom stereocenters. The lowest BCUT2D eigenvalue weighted by atomic mass is 10.1. The van der Waals surface area contributed by atoms with Gasteiger partial charge in [-0.2, -0.15) is 4.39 Å². The molecule has 0 spiro atoms. The molecule has 0 unspecified atom stereocenters. The normalized spacial score (nSPS) is 9.69. The van der Waals surface area contributed by atoms with Gasteiger partial charge in [-0.1, -0.05) is 0 Å². The van der Waals surface area contributed by atoms with Crippen LogP contribution in [0.25, 0.3) is 0 Å². The van der Waals surface area contributed by atoms with Crippen LogP contribution in [-0.2, 0) is 0 Å². The molecule has 68 valence electrons. The second-order valence-corrected chi connectivity index (χ2v) is 2.56. The van der Waals surface area contributed by atoms with Crippen LogP contribution < -0.4 is 0 Å². The molecule has 0 aliphatic heterocycles. The van der Waals surface area contributed by atoms with E-state index in [4.69, 9.17) is 0 Å². The largest absolute Gasteiger partial charge is 0.305 e. The number of nitro benzene ring substituents is 1. The molecule has 13 heavy (non-hydrogen) atoms. The van der Waals surface area contributed by atoms with Crippen LogP contribution in [0.4, 0.5) is 10.1 Å². The minimum Gasteiger partial charge on any atom is -0.298 e. The zero-order chi connectivity index (χ0) is 10.0. The summed E-state index contributed by atoms with van der Waals surface area (Å²) in [6, 6.07) is 2.34. The number of aldehydes is 1. The van der Waals surface area contributed by atoms with Crippen LogP contribution in [0, 0.1) is 22.9 Å². The van der Waals surface area contributed by atoms with Gasteiger partial charge in [0, 0.05) is 6.07 Å². The topological polar surface area (TPSA) is 60.2 Å². The summed E-state index contributed by atoms with van der Waals surface area (Å²) in [6.45, 7) is 1.56. The second kappa shape index (κ2) is 3.30. The molecule has 0 saturated heterocycles. The predicted octanol–water partition coefficient (Wildman–Crippen LogP) is 1.85. The van der Waals surface area contributed by atoms with Crippen molar-refractivity contribution >= 4 is 12.0 Å². The molecule has 4 nitrogen and oxygen atoms in total. The van der Waals surface area contributed by atoms with E-state index in [1.54, 1.807) is 6.92 Å². The van der Waals surface area contributed by atoms with Crippen molar-refractivity contribution in [2.75, 3.05) is 0 Å². The van der Waals surface area contributed by atoms with Gasteiger partial charge in [0.25, 0.3) is 0 Å². The van der Waals surface area contributed by atoms with E-state index in [9.17, 15) is 19.3 Å². The fourth-order valence-electron chi connectivity index (χ4n) is 0.996. The van der Waals surface area contributed by atoms with Gasteiger partial charge in [0.2, 0.25) is 5.82 Å². The fourth-order valence-corrected chi connectivity index (χ4v) is 0.996. The molecule has 0 bridgehead atoms. The molecule has 0 fully saturated rings. The molecule has 0 amide bonds. The lowest BCUT2D eigenvalue weighted by Gasteiger charge is -1.98. The van der Waals surface area contributed by atoms with Crippen molar-refractivity contribution in [2.45, 2.75) is 6.92 Å². The van der Waals surface area contributed by atoms with Crippen molar-refractivity contribution in [3.05, 3.63) is 39.2 Å². The smallest absolute Gasteiger partial charge is 0.298 e. The van der Waals surface area contributed by atoms with Crippen LogP contribution in [-0.4, -0.2) is 11.2 Å². The number of carbonyl (C=O) groups excluding carboxylic acids is 1. The summed E-state index contributed by atoms with van der Waals surface area (Å²) < 4.78 is 13.0. The number of nitro groups is 1. The number of aryl methyl sites for hydroxylation is 1. The summed E-state index contributed by atoms with van der Waals surface area (Å²) in [4.78, 5) is 19.7. The molecule has 1 aromatic carbocycles. The van der Waals surface area contributed by atoms with E-state index in [2.05, 4.69) is 0 Å². The third-order valence-electron chi connectivity index (χ3n) is 1.55. The molecular weight excluding hydrogens is 177 g/mol. The number of halogens is 1. The maximum absolute atomic E-state index is 13.0. The quantitative estimate of drug-likeness (QED) is 0.399. The highest BCUT2D eigenvalue weighted by molar-refractivity contribution is 5.77. The summed E-state index contributed by atoms with van der Waals surface area (Å²) in [5, 5.41) is 10.3. The Bertz CT molecular complexity index is 376. The molecule has 0 heterocycles. The Balaban J connectivity index is 3.44. The molecule has 0 aliphatic carbocycles. The van der Waals surface area contributed by atoms with E-state index in [1.165, 1.54) is 6.07 Å². The number of hydrogen-bond acceptors (Lipinski definition) is 3. The molecule has 0 aliphatic rings. The van der Waals surface area contributed by atoms with E-state index in [0.29, 0.717) is 5.56 Å². The van der Waals surface area contributed by atoms with E-state index in [-0.39, 0.29) is 11.8 Å². The van der Waals surface area contributed by atoms with Gasteiger partial charge in [0.05, 0.1) is 10.5 Å². The van der Waals surface area contributed by atoms with Crippen LogP contribution in [0.1, 0.15) is 15.9 Å². The maximum Gasteiger partial charge on any atom is 0.305 e. The monoisotopic (exact) mass is 183 g/mol. The second-order valence-electron chi connectivity index (χ2n) is 2.56. The van der Waals surface area contributed by atoms with Gasteiger partial charge in [0.1, 0.15) is 0 Å². The molecule has 0 N–H and O–H groups in total. The fraction of sp³-hybridized carbons (Fsp3) is 0.125. The Labute approximate surface area is 73.1 Å². The van der Waals surface area contributed by atoms with Crippen molar-refractivity contribution in [1.82, 2.24) is 0 Å². The highest BCUT2D eigenvalue weighted by Gasteiger charge is 2.17. The zero-order valence-electron chi connectivity index (χ0n) is 6.78. The first-order valence-corrected chi connectivity index (χ1v) is 3.46. The van der Waals surface area contributed by atoms with Gasteiger partial charge < -0.3 is 0 Å². The van der Waals surface area contributed by atoms with Crippen molar-refractivity contribution < 1.29 is 14.1 Å². The van der Waals surface area contributed by atoms with Gasteiger partial charge >= 0.3 is 5.69 Å². The molecule has 0 radical (unpaired) electrons. The van der Waals surface area contributed by atoms with Crippen molar-refractivity contribution in [1.29, 1.82) is 0 Å². The Hall–Kier alpha value is -1.78. The summed E-state index contributed by atoms with van der Waals surface area (Å²) in [6.07, 6.45) is 0.259. The summed E-state index contributed by atoms with van der Waals surface area (Å²) >= 11 is 0. The predicted molar refractivity (Wildman–Crippen MR) is 43.2 cm³/mol. The Morgan fingerprint density at radius 3 is 2.62 bits per heavy atom. The average molecular weight is 183 g/mol. The van der Waals surface area contributed by atoms with Gasteiger partial charge in [0.15, 0.2) is 6.29 Å². The van der Waals surface area contributed by atoms with Gasteiger partial charge in [-0.3, -0.25) is 14.9 Å². The number of hydrogen-bond donors (Lipinski definition) is 0. The minimum atomic E-state index is -1.08. The number of rotatable bonds is 2. The zero-order valence-corrected chi connectivity index (χ0v) is 6.78.